The number of hydrogen-bond acceptors (Lipinski definition) is 6. The van der Waals surface area contributed by atoms with E-state index in [0.29, 0.717) is 17.9 Å². The van der Waals surface area contributed by atoms with Crippen LogP contribution in [0, 0.1) is 0 Å². The molecule has 0 atom stereocenters. The topological polar surface area (TPSA) is 83.1 Å². The molecule has 0 bridgehead atoms. The van der Waals surface area contributed by atoms with Crippen molar-refractivity contribution in [2.45, 2.75) is 13.5 Å². The SMILES string of the molecule is COc1ccc(CN2CCN(CC(=O)Nc3ccc(NC(C)=O)cc3)CC2)cc1OC. The van der Waals surface area contributed by atoms with Crippen LogP contribution >= 0.6 is 0 Å². The summed E-state index contributed by atoms with van der Waals surface area (Å²) >= 11 is 0. The number of carbonyl (C=O) groups is 2. The van der Waals surface area contributed by atoms with E-state index in [1.165, 1.54) is 12.5 Å². The summed E-state index contributed by atoms with van der Waals surface area (Å²) in [5, 5.41) is 5.62. The number of nitrogens with zero attached hydrogens (tertiary/aromatic N) is 2. The third kappa shape index (κ3) is 6.70. The molecule has 8 heteroatoms. The minimum atomic E-state index is -0.123. The normalized spacial score (nSPS) is 14.7. The first kappa shape index (κ1) is 22.6. The van der Waals surface area contributed by atoms with Crippen LogP contribution in [0.5, 0.6) is 11.5 Å². The zero-order chi connectivity index (χ0) is 22.2. The van der Waals surface area contributed by atoms with Gasteiger partial charge in [0.05, 0.1) is 20.8 Å². The van der Waals surface area contributed by atoms with Crippen LogP contribution in [-0.2, 0) is 16.1 Å². The third-order valence-electron chi connectivity index (χ3n) is 5.18. The molecule has 166 valence electrons. The average molecular weight is 427 g/mol. The second kappa shape index (κ2) is 10.8. The van der Waals surface area contributed by atoms with Gasteiger partial charge in [-0.3, -0.25) is 19.4 Å². The van der Waals surface area contributed by atoms with E-state index in [0.717, 1.165) is 44.2 Å². The number of methoxy groups -OCH3 is 2. The van der Waals surface area contributed by atoms with Crippen LogP contribution in [0.2, 0.25) is 0 Å². The van der Waals surface area contributed by atoms with Crippen molar-refractivity contribution in [1.82, 2.24) is 9.80 Å². The van der Waals surface area contributed by atoms with Crippen molar-refractivity contribution < 1.29 is 19.1 Å². The second-order valence-corrected chi connectivity index (χ2v) is 7.55. The van der Waals surface area contributed by atoms with E-state index in [-0.39, 0.29) is 11.8 Å². The lowest BCUT2D eigenvalue weighted by Crippen LogP contribution is -2.48. The molecule has 3 rings (SSSR count). The first-order valence-corrected chi connectivity index (χ1v) is 10.3. The van der Waals surface area contributed by atoms with Gasteiger partial charge in [0.25, 0.3) is 0 Å². The maximum Gasteiger partial charge on any atom is 0.238 e. The molecule has 1 fully saturated rings. The van der Waals surface area contributed by atoms with Crippen molar-refractivity contribution in [3.05, 3.63) is 48.0 Å². The van der Waals surface area contributed by atoms with Gasteiger partial charge in [-0.05, 0) is 42.0 Å². The first-order valence-electron chi connectivity index (χ1n) is 10.3. The molecule has 0 spiro atoms. The van der Waals surface area contributed by atoms with Crippen LogP contribution < -0.4 is 20.1 Å². The lowest BCUT2D eigenvalue weighted by Gasteiger charge is -2.34. The average Bonchev–Trinajstić information content (AvgIpc) is 2.76. The Morgan fingerprint density at radius 2 is 1.42 bits per heavy atom. The number of rotatable bonds is 8. The minimum absolute atomic E-state index is 0.0411. The fourth-order valence-corrected chi connectivity index (χ4v) is 3.59. The molecule has 0 unspecified atom stereocenters. The molecule has 1 saturated heterocycles. The summed E-state index contributed by atoms with van der Waals surface area (Å²) in [6.45, 7) is 6.12. The van der Waals surface area contributed by atoms with Gasteiger partial charge in [0.2, 0.25) is 11.8 Å². The monoisotopic (exact) mass is 426 g/mol. The summed E-state index contributed by atoms with van der Waals surface area (Å²) in [5.74, 6) is 1.30. The molecule has 8 nitrogen and oxygen atoms in total. The summed E-state index contributed by atoms with van der Waals surface area (Å²) in [4.78, 5) is 28.0. The Bertz CT molecular complexity index is 893. The number of amides is 2. The molecule has 1 aliphatic heterocycles. The predicted octanol–water partition coefficient (Wildman–Crippen LogP) is 2.42. The van der Waals surface area contributed by atoms with E-state index >= 15 is 0 Å². The highest BCUT2D eigenvalue weighted by molar-refractivity contribution is 5.93. The zero-order valence-corrected chi connectivity index (χ0v) is 18.3. The Morgan fingerprint density at radius 3 is 2.00 bits per heavy atom. The molecule has 0 aliphatic carbocycles. The summed E-state index contributed by atoms with van der Waals surface area (Å²) in [7, 11) is 3.27. The Labute approximate surface area is 183 Å². The van der Waals surface area contributed by atoms with Crippen LogP contribution in [0.1, 0.15) is 12.5 Å². The van der Waals surface area contributed by atoms with Crippen LogP contribution in [0.25, 0.3) is 0 Å². The van der Waals surface area contributed by atoms with Gasteiger partial charge in [-0.2, -0.15) is 0 Å². The fourth-order valence-electron chi connectivity index (χ4n) is 3.59. The van der Waals surface area contributed by atoms with Crippen LogP contribution in [0.4, 0.5) is 11.4 Å². The van der Waals surface area contributed by atoms with E-state index in [1.807, 2.05) is 12.1 Å². The Kier molecular flexibility index (Phi) is 7.86. The Hall–Kier alpha value is -3.10. The largest absolute Gasteiger partial charge is 0.493 e. The van der Waals surface area contributed by atoms with E-state index in [9.17, 15) is 9.59 Å². The fraction of sp³-hybridized carbons (Fsp3) is 0.391. The highest BCUT2D eigenvalue weighted by Gasteiger charge is 2.19. The van der Waals surface area contributed by atoms with Crippen LogP contribution in [0.3, 0.4) is 0 Å². The van der Waals surface area contributed by atoms with Gasteiger partial charge in [0.1, 0.15) is 0 Å². The summed E-state index contributed by atoms with van der Waals surface area (Å²) in [6.07, 6.45) is 0. The molecule has 1 aliphatic rings. The lowest BCUT2D eigenvalue weighted by molar-refractivity contribution is -0.117. The van der Waals surface area contributed by atoms with Crippen molar-refractivity contribution in [2.24, 2.45) is 0 Å². The van der Waals surface area contributed by atoms with E-state index in [2.05, 4.69) is 26.5 Å². The van der Waals surface area contributed by atoms with Crippen molar-refractivity contribution in [2.75, 3.05) is 57.6 Å². The number of hydrogen-bond donors (Lipinski definition) is 2. The number of ether oxygens (including phenoxy) is 2. The molecule has 0 saturated carbocycles. The number of nitrogens with one attached hydrogen (secondary N) is 2. The summed E-state index contributed by atoms with van der Waals surface area (Å²) in [5.41, 5.74) is 2.59. The molecule has 2 N–H and O–H groups in total. The maximum atomic E-state index is 12.4. The number of anilines is 2. The molecular weight excluding hydrogens is 396 g/mol. The molecule has 2 amide bonds. The first-order chi connectivity index (χ1) is 15.0. The molecular formula is C23H30N4O4. The molecule has 31 heavy (non-hydrogen) atoms. The summed E-state index contributed by atoms with van der Waals surface area (Å²) < 4.78 is 10.7. The van der Waals surface area contributed by atoms with Gasteiger partial charge in [-0.25, -0.2) is 0 Å². The van der Waals surface area contributed by atoms with Crippen molar-refractivity contribution in [3.8, 4) is 11.5 Å². The van der Waals surface area contributed by atoms with Crippen molar-refractivity contribution in [3.63, 3.8) is 0 Å². The number of carbonyl (C=O) groups excluding carboxylic acids is 2. The van der Waals surface area contributed by atoms with E-state index in [4.69, 9.17) is 9.47 Å². The standard InChI is InChI=1S/C23H30N4O4/c1-17(28)24-19-5-7-20(8-6-19)25-23(29)16-27-12-10-26(11-13-27)15-18-4-9-21(30-2)22(14-18)31-3/h4-9,14H,10-13,15-16H2,1-3H3,(H,24,28)(H,25,29). The maximum absolute atomic E-state index is 12.4. The molecule has 2 aromatic rings. The van der Waals surface area contributed by atoms with Gasteiger partial charge >= 0.3 is 0 Å². The molecule has 0 aromatic heterocycles. The van der Waals surface area contributed by atoms with Gasteiger partial charge in [0, 0.05) is 51.0 Å². The minimum Gasteiger partial charge on any atom is -0.493 e. The van der Waals surface area contributed by atoms with Gasteiger partial charge in [-0.15, -0.1) is 0 Å². The van der Waals surface area contributed by atoms with Crippen molar-refractivity contribution >= 4 is 23.2 Å². The zero-order valence-electron chi connectivity index (χ0n) is 18.3. The van der Waals surface area contributed by atoms with Gasteiger partial charge < -0.3 is 20.1 Å². The molecule has 2 aromatic carbocycles. The third-order valence-corrected chi connectivity index (χ3v) is 5.18. The van der Waals surface area contributed by atoms with Crippen LogP contribution in [0.15, 0.2) is 42.5 Å². The highest BCUT2D eigenvalue weighted by Crippen LogP contribution is 2.28. The van der Waals surface area contributed by atoms with E-state index in [1.54, 1.807) is 38.5 Å². The van der Waals surface area contributed by atoms with E-state index < -0.39 is 0 Å². The lowest BCUT2D eigenvalue weighted by atomic mass is 10.1. The van der Waals surface area contributed by atoms with Gasteiger partial charge in [-0.1, -0.05) is 6.07 Å². The molecule has 0 radical (unpaired) electrons. The van der Waals surface area contributed by atoms with Gasteiger partial charge in [0.15, 0.2) is 11.5 Å². The Balaban J connectivity index is 1.43. The highest BCUT2D eigenvalue weighted by atomic mass is 16.5. The quantitative estimate of drug-likeness (QED) is 0.675. The number of benzene rings is 2. The predicted molar refractivity (Wildman–Crippen MR) is 121 cm³/mol. The Morgan fingerprint density at radius 1 is 0.839 bits per heavy atom. The smallest absolute Gasteiger partial charge is 0.238 e. The molecule has 1 heterocycles. The number of piperazine rings is 1. The van der Waals surface area contributed by atoms with Crippen molar-refractivity contribution in [1.29, 1.82) is 0 Å². The summed E-state index contributed by atoms with van der Waals surface area (Å²) in [6, 6.07) is 13.1. The second-order valence-electron chi connectivity index (χ2n) is 7.55. The van der Waals surface area contributed by atoms with Crippen LogP contribution in [-0.4, -0.2) is 68.6 Å².